The van der Waals surface area contributed by atoms with E-state index in [1.165, 1.54) is 5.56 Å². The predicted molar refractivity (Wildman–Crippen MR) is 140 cm³/mol. The third kappa shape index (κ3) is 7.52. The fourth-order valence-corrected chi connectivity index (χ4v) is 3.83. The van der Waals surface area contributed by atoms with Crippen LogP contribution in [0.5, 0.6) is 0 Å². The van der Waals surface area contributed by atoms with Gasteiger partial charge in [0, 0.05) is 31.0 Å². The molecule has 3 aromatic carbocycles. The third-order valence-electron chi connectivity index (χ3n) is 4.83. The number of benzene rings is 3. The Morgan fingerprint density at radius 2 is 1.77 bits per heavy atom. The number of amides is 1. The molecular weight excluding hydrogens is 497 g/mol. The number of hydrogen-bond donors (Lipinski definition) is 2. The Hall–Kier alpha value is -2.64. The van der Waals surface area contributed by atoms with E-state index in [-0.39, 0.29) is 5.91 Å². The zero-order valence-corrected chi connectivity index (χ0v) is 19.9. The summed E-state index contributed by atoms with van der Waals surface area (Å²) >= 11 is 2.39. The molecule has 5 heteroatoms. The summed E-state index contributed by atoms with van der Waals surface area (Å²) in [6.07, 6.45) is 4.34. The molecule has 31 heavy (non-hydrogen) atoms. The first-order valence-corrected chi connectivity index (χ1v) is 11.9. The Kier molecular flexibility index (Phi) is 9.12. The number of halogens is 1. The topological polar surface area (TPSA) is 44.4 Å². The molecule has 0 radical (unpaired) electrons. The van der Waals surface area contributed by atoms with Gasteiger partial charge in [0.05, 0.1) is 10.1 Å². The second kappa shape index (κ2) is 12.3. The maximum Gasteiger partial charge on any atom is 0.257 e. The minimum Gasteiger partial charge on any atom is -0.383 e. The van der Waals surface area contributed by atoms with E-state index in [1.807, 2.05) is 73.7 Å². The Morgan fingerprint density at radius 1 is 1.00 bits per heavy atom. The van der Waals surface area contributed by atoms with Crippen molar-refractivity contribution in [2.45, 2.75) is 6.92 Å². The highest BCUT2D eigenvalue weighted by molar-refractivity contribution is 14.1. The van der Waals surface area contributed by atoms with Crippen LogP contribution in [0.25, 0.3) is 6.08 Å². The molecule has 3 aromatic rings. The number of nitrogens with one attached hydrogen (secondary N) is 2. The molecule has 4 nitrogen and oxygen atoms in total. The summed E-state index contributed by atoms with van der Waals surface area (Å²) < 4.78 is 0.939. The lowest BCUT2D eigenvalue weighted by Gasteiger charge is -2.19. The van der Waals surface area contributed by atoms with Gasteiger partial charge >= 0.3 is 0 Å². The molecule has 0 saturated heterocycles. The van der Waals surface area contributed by atoms with Gasteiger partial charge in [-0.1, -0.05) is 89.3 Å². The molecule has 0 atom stereocenters. The fourth-order valence-electron chi connectivity index (χ4n) is 3.21. The molecule has 0 aliphatic heterocycles. The second-order valence-electron chi connectivity index (χ2n) is 7.31. The molecule has 0 saturated carbocycles. The number of anilines is 2. The molecule has 0 aromatic heterocycles. The van der Waals surface area contributed by atoms with Crippen molar-refractivity contribution < 1.29 is 4.79 Å². The highest BCUT2D eigenvalue weighted by Crippen LogP contribution is 2.18. The number of aryl methyl sites for hydroxylation is 1. The summed E-state index contributed by atoms with van der Waals surface area (Å²) in [5.74, 6) is -0.106. The van der Waals surface area contributed by atoms with Gasteiger partial charge in [-0.3, -0.25) is 9.69 Å². The number of rotatable bonds is 10. The summed E-state index contributed by atoms with van der Waals surface area (Å²) in [6, 6.07) is 25.8. The van der Waals surface area contributed by atoms with Crippen molar-refractivity contribution in [3.63, 3.8) is 0 Å². The molecule has 2 N–H and O–H groups in total. The van der Waals surface area contributed by atoms with Crippen LogP contribution >= 0.6 is 22.6 Å². The first-order valence-electron chi connectivity index (χ1n) is 10.4. The van der Waals surface area contributed by atoms with Gasteiger partial charge < -0.3 is 10.6 Å². The predicted octanol–water partition coefficient (Wildman–Crippen LogP) is 6.07. The molecule has 0 bridgehead atoms. The lowest BCUT2D eigenvalue weighted by atomic mass is 10.1. The molecule has 0 heterocycles. The summed E-state index contributed by atoms with van der Waals surface area (Å²) in [5, 5.41) is 6.43. The maximum atomic E-state index is 12.8. The van der Waals surface area contributed by atoms with Gasteiger partial charge in [-0.05, 0) is 42.3 Å². The number of nitrogens with zero attached hydrogens (tertiary/aromatic N) is 1. The average molecular weight is 525 g/mol. The van der Waals surface area contributed by atoms with Crippen molar-refractivity contribution >= 4 is 45.9 Å². The SMILES string of the molecule is Cc1cccc(NC(=O)c2ccccc2NCCN(CI)C/C=C/c2ccccc2)c1. The Labute approximate surface area is 198 Å². The Morgan fingerprint density at radius 3 is 2.55 bits per heavy atom. The van der Waals surface area contributed by atoms with Crippen molar-refractivity contribution in [1.82, 2.24) is 4.90 Å². The van der Waals surface area contributed by atoms with Crippen molar-refractivity contribution in [1.29, 1.82) is 0 Å². The number of para-hydroxylation sites is 1. The molecule has 0 unspecified atom stereocenters. The van der Waals surface area contributed by atoms with Crippen LogP contribution in [0.15, 0.2) is 84.9 Å². The zero-order chi connectivity index (χ0) is 21.9. The van der Waals surface area contributed by atoms with Crippen LogP contribution < -0.4 is 10.6 Å². The number of carbonyl (C=O) groups is 1. The van der Waals surface area contributed by atoms with Gasteiger partial charge in [-0.15, -0.1) is 0 Å². The molecular formula is C26H28IN3O. The molecule has 0 aliphatic rings. The van der Waals surface area contributed by atoms with Crippen molar-refractivity contribution in [2.75, 3.05) is 34.8 Å². The van der Waals surface area contributed by atoms with Crippen molar-refractivity contribution in [3.8, 4) is 0 Å². The standard InChI is InChI=1S/C26H28IN3O/c1-21-9-7-13-23(19-21)29-26(31)24-14-5-6-15-25(24)28-16-18-30(20-27)17-8-12-22-10-3-2-4-11-22/h2-15,19,28H,16-18,20H2,1H3,(H,29,31)/b12-8+. The van der Waals surface area contributed by atoms with Crippen molar-refractivity contribution in [3.05, 3.63) is 102 Å². The van der Waals surface area contributed by atoms with Gasteiger partial charge in [0.25, 0.3) is 5.91 Å². The summed E-state index contributed by atoms with van der Waals surface area (Å²) in [6.45, 7) is 4.54. The Balaban J connectivity index is 1.54. The molecule has 0 aliphatic carbocycles. The lowest BCUT2D eigenvalue weighted by Crippen LogP contribution is -2.28. The second-order valence-corrected chi connectivity index (χ2v) is 7.99. The highest BCUT2D eigenvalue weighted by atomic mass is 127. The van der Waals surface area contributed by atoms with Crippen LogP contribution in [-0.2, 0) is 0 Å². The van der Waals surface area contributed by atoms with E-state index in [0.29, 0.717) is 5.56 Å². The molecule has 1 amide bonds. The van der Waals surface area contributed by atoms with Crippen LogP contribution in [0.2, 0.25) is 0 Å². The van der Waals surface area contributed by atoms with E-state index in [1.54, 1.807) is 0 Å². The molecule has 0 spiro atoms. The van der Waals surface area contributed by atoms with Gasteiger partial charge in [0.1, 0.15) is 0 Å². The minimum absolute atomic E-state index is 0.106. The van der Waals surface area contributed by atoms with E-state index in [0.717, 1.165) is 41.1 Å². The van der Waals surface area contributed by atoms with Crippen LogP contribution in [0.1, 0.15) is 21.5 Å². The van der Waals surface area contributed by atoms with Gasteiger partial charge in [-0.2, -0.15) is 0 Å². The maximum absolute atomic E-state index is 12.8. The smallest absolute Gasteiger partial charge is 0.257 e. The van der Waals surface area contributed by atoms with E-state index in [2.05, 4.69) is 62.4 Å². The Bertz CT molecular complexity index is 1000. The largest absolute Gasteiger partial charge is 0.383 e. The van der Waals surface area contributed by atoms with E-state index in [4.69, 9.17) is 0 Å². The highest BCUT2D eigenvalue weighted by Gasteiger charge is 2.11. The summed E-state index contributed by atoms with van der Waals surface area (Å²) in [5.41, 5.74) is 4.63. The normalized spacial score (nSPS) is 11.1. The van der Waals surface area contributed by atoms with Crippen LogP contribution in [-0.4, -0.2) is 35.0 Å². The minimum atomic E-state index is -0.106. The molecule has 160 valence electrons. The summed E-state index contributed by atoms with van der Waals surface area (Å²) in [7, 11) is 0. The van der Waals surface area contributed by atoms with Crippen LogP contribution in [0.4, 0.5) is 11.4 Å². The third-order valence-corrected chi connectivity index (χ3v) is 5.80. The van der Waals surface area contributed by atoms with Gasteiger partial charge in [-0.25, -0.2) is 0 Å². The first kappa shape index (κ1) is 23.0. The number of carbonyl (C=O) groups excluding carboxylic acids is 1. The van der Waals surface area contributed by atoms with Crippen LogP contribution in [0, 0.1) is 6.92 Å². The summed E-state index contributed by atoms with van der Waals surface area (Å²) in [4.78, 5) is 15.2. The quantitative estimate of drug-likeness (QED) is 0.192. The molecule has 0 fully saturated rings. The molecule has 3 rings (SSSR count). The lowest BCUT2D eigenvalue weighted by molar-refractivity contribution is 0.102. The monoisotopic (exact) mass is 525 g/mol. The van der Waals surface area contributed by atoms with Crippen LogP contribution in [0.3, 0.4) is 0 Å². The van der Waals surface area contributed by atoms with E-state index >= 15 is 0 Å². The van der Waals surface area contributed by atoms with Crippen molar-refractivity contribution in [2.24, 2.45) is 0 Å². The first-order chi connectivity index (χ1) is 15.2. The fraction of sp³-hybridized carbons (Fsp3) is 0.192. The van der Waals surface area contributed by atoms with E-state index < -0.39 is 0 Å². The van der Waals surface area contributed by atoms with E-state index in [9.17, 15) is 4.79 Å². The van der Waals surface area contributed by atoms with Gasteiger partial charge in [0.2, 0.25) is 0 Å². The number of alkyl halides is 1. The van der Waals surface area contributed by atoms with Gasteiger partial charge in [0.15, 0.2) is 0 Å². The number of hydrogen-bond acceptors (Lipinski definition) is 3. The average Bonchev–Trinajstić information content (AvgIpc) is 2.79. The zero-order valence-electron chi connectivity index (χ0n) is 17.7.